The van der Waals surface area contributed by atoms with E-state index < -0.39 is 11.9 Å². The number of benzene rings is 2. The molecule has 312 valence electrons. The third kappa shape index (κ3) is 10.6. The van der Waals surface area contributed by atoms with Crippen molar-refractivity contribution in [2.24, 2.45) is 0 Å². The van der Waals surface area contributed by atoms with Crippen LogP contribution in [0, 0.1) is 27.7 Å². The summed E-state index contributed by atoms with van der Waals surface area (Å²) in [5.74, 6) is 1.92. The molecule has 0 spiro atoms. The molecule has 4 aromatic heterocycles. The fourth-order valence-electron chi connectivity index (χ4n) is 6.06. The van der Waals surface area contributed by atoms with Gasteiger partial charge in [-0.1, -0.05) is 0 Å². The summed E-state index contributed by atoms with van der Waals surface area (Å²) < 4.78 is 32.4. The average molecular weight is 827 g/mol. The molecule has 4 heterocycles. The summed E-state index contributed by atoms with van der Waals surface area (Å²) in [4.78, 5) is 43.0. The Hall–Kier alpha value is -6.41. The van der Waals surface area contributed by atoms with Crippen LogP contribution in [0.25, 0.3) is 22.1 Å². The number of methoxy groups -OCH3 is 2. The van der Waals surface area contributed by atoms with E-state index in [1.54, 1.807) is 28.1 Å². The Kier molecular flexibility index (Phi) is 16.0. The normalized spacial score (nSPS) is 10.5. The molecule has 0 aliphatic carbocycles. The Bertz CT molecular complexity index is 2280. The van der Waals surface area contributed by atoms with Crippen molar-refractivity contribution in [1.82, 2.24) is 19.9 Å². The zero-order chi connectivity index (χ0) is 41.9. The third-order valence-electron chi connectivity index (χ3n) is 8.98. The first kappa shape index (κ1) is 45.3. The molecule has 6 rings (SSSR count). The average Bonchev–Trinajstić information content (AvgIpc) is 3.20. The van der Waals surface area contributed by atoms with Gasteiger partial charge in [0.25, 0.3) is 0 Å². The Morgan fingerprint density at radius 3 is 1.29 bits per heavy atom. The van der Waals surface area contributed by atoms with Crippen molar-refractivity contribution in [2.75, 3.05) is 51.3 Å². The van der Waals surface area contributed by atoms with E-state index in [9.17, 15) is 9.59 Å². The molecule has 0 aliphatic heterocycles. The maximum Gasteiger partial charge on any atom is 0.341 e. The molecule has 2 N–H and O–H groups in total. The van der Waals surface area contributed by atoms with Gasteiger partial charge in [0.1, 0.15) is 34.1 Å². The Balaban J connectivity index is 0.000000256. The quantitative estimate of drug-likeness (QED) is 0.0997. The lowest BCUT2D eigenvalue weighted by molar-refractivity contribution is 0.0517. The van der Waals surface area contributed by atoms with Crippen molar-refractivity contribution in [3.63, 3.8) is 0 Å². The number of esters is 2. The molecule has 0 fully saturated rings. The van der Waals surface area contributed by atoms with E-state index in [0.29, 0.717) is 69.3 Å². The molecular weight excluding hydrogens is 776 g/mol. The fraction of sp³-hybridized carbons (Fsp3) is 0.318. The molecule has 0 unspecified atom stereocenters. The number of nitrogens with one attached hydrogen (secondary N) is 2. The van der Waals surface area contributed by atoms with Gasteiger partial charge < -0.3 is 39.1 Å². The number of rotatable bonds is 14. The van der Waals surface area contributed by atoms with Crippen molar-refractivity contribution < 1.29 is 38.0 Å². The SMILES string of the molecule is CCOC(=O)c1cnc2nc(C)c(OCC)cc2c1Nc1ccc(OC)cc1C.CCOC(=O)c1cnc2nc(C)c(OCC)cc2c1Nc1ccc(OC)cc1C.Cl. The molecule has 0 atom stereocenters. The molecule has 15 heteroatoms. The second kappa shape index (κ2) is 20.8. The number of hydrogen-bond donors (Lipinski definition) is 2. The summed E-state index contributed by atoms with van der Waals surface area (Å²) in [7, 11) is 3.25. The highest BCUT2D eigenvalue weighted by molar-refractivity contribution is 6.07. The summed E-state index contributed by atoms with van der Waals surface area (Å²) in [6, 6.07) is 15.1. The lowest BCUT2D eigenvalue weighted by Gasteiger charge is -2.17. The Morgan fingerprint density at radius 1 is 0.576 bits per heavy atom. The highest BCUT2D eigenvalue weighted by Crippen LogP contribution is 2.36. The first-order valence-corrected chi connectivity index (χ1v) is 19.0. The standard InChI is InChI=1S/2C22H25N3O4.ClH/c2*1-6-28-19-11-16-20(25-18-9-8-15(27-5)10-13(18)3)17(22(26)29-7-2)12-23-21(16)24-14(19)4;/h2*8-12H,6-7H2,1-5H3,(H,23,24,25);1H. The number of fused-ring (bicyclic) bond motifs is 2. The van der Waals surface area contributed by atoms with E-state index in [0.717, 1.165) is 45.4 Å². The Morgan fingerprint density at radius 2 is 0.966 bits per heavy atom. The van der Waals surface area contributed by atoms with E-state index in [4.69, 9.17) is 28.4 Å². The topological polar surface area (TPSA) is 165 Å². The maximum atomic E-state index is 12.6. The van der Waals surface area contributed by atoms with Crippen LogP contribution in [0.1, 0.15) is 70.9 Å². The van der Waals surface area contributed by atoms with Gasteiger partial charge >= 0.3 is 11.9 Å². The van der Waals surface area contributed by atoms with Crippen LogP contribution in [0.15, 0.2) is 60.9 Å². The van der Waals surface area contributed by atoms with Crippen LogP contribution in [-0.2, 0) is 9.47 Å². The number of hydrogen-bond acceptors (Lipinski definition) is 14. The van der Waals surface area contributed by atoms with Gasteiger partial charge in [0.05, 0.1) is 63.4 Å². The van der Waals surface area contributed by atoms with Crippen LogP contribution >= 0.6 is 12.4 Å². The lowest BCUT2D eigenvalue weighted by Crippen LogP contribution is -2.10. The predicted octanol–water partition coefficient (Wildman–Crippen LogP) is 9.57. The van der Waals surface area contributed by atoms with Gasteiger partial charge in [-0.25, -0.2) is 29.5 Å². The molecule has 0 amide bonds. The largest absolute Gasteiger partial charge is 0.497 e. The van der Waals surface area contributed by atoms with Crippen molar-refractivity contribution in [3.8, 4) is 23.0 Å². The molecule has 6 aromatic rings. The molecular formula is C44H51ClN6O8. The number of aryl methyl sites for hydroxylation is 4. The number of aromatic nitrogens is 4. The Labute approximate surface area is 350 Å². The number of carbonyl (C=O) groups is 2. The molecule has 0 bridgehead atoms. The minimum atomic E-state index is -0.450. The predicted molar refractivity (Wildman–Crippen MR) is 232 cm³/mol. The summed E-state index contributed by atoms with van der Waals surface area (Å²) >= 11 is 0. The smallest absolute Gasteiger partial charge is 0.341 e. The molecule has 0 radical (unpaired) electrons. The zero-order valence-electron chi connectivity index (χ0n) is 35.1. The minimum Gasteiger partial charge on any atom is -0.497 e. The number of carbonyl (C=O) groups excluding carboxylic acids is 2. The number of halogens is 1. The molecule has 59 heavy (non-hydrogen) atoms. The van der Waals surface area contributed by atoms with Gasteiger partial charge in [-0.2, -0.15) is 0 Å². The second-order valence-corrected chi connectivity index (χ2v) is 12.9. The van der Waals surface area contributed by atoms with E-state index in [-0.39, 0.29) is 25.6 Å². The first-order chi connectivity index (χ1) is 28.0. The first-order valence-electron chi connectivity index (χ1n) is 19.0. The maximum absolute atomic E-state index is 12.6. The van der Waals surface area contributed by atoms with Crippen molar-refractivity contribution in [1.29, 1.82) is 0 Å². The number of anilines is 4. The van der Waals surface area contributed by atoms with Crippen LogP contribution in [-0.4, -0.2) is 72.5 Å². The third-order valence-corrected chi connectivity index (χ3v) is 8.98. The number of nitrogens with zero attached hydrogens (tertiary/aromatic N) is 4. The minimum absolute atomic E-state index is 0. The van der Waals surface area contributed by atoms with E-state index >= 15 is 0 Å². The van der Waals surface area contributed by atoms with Crippen LogP contribution < -0.4 is 29.6 Å². The molecule has 14 nitrogen and oxygen atoms in total. The molecule has 0 aliphatic rings. The highest BCUT2D eigenvalue weighted by Gasteiger charge is 2.21. The summed E-state index contributed by atoms with van der Waals surface area (Å²) in [6.45, 7) is 16.6. The van der Waals surface area contributed by atoms with Gasteiger partial charge in [-0.05, 0) is 115 Å². The molecule has 0 saturated heterocycles. The van der Waals surface area contributed by atoms with Crippen LogP contribution in [0.3, 0.4) is 0 Å². The van der Waals surface area contributed by atoms with Crippen LogP contribution in [0.5, 0.6) is 23.0 Å². The van der Waals surface area contributed by atoms with Crippen LogP contribution in [0.2, 0.25) is 0 Å². The summed E-state index contributed by atoms with van der Waals surface area (Å²) in [5, 5.41) is 8.10. The van der Waals surface area contributed by atoms with E-state index in [1.165, 1.54) is 12.4 Å². The van der Waals surface area contributed by atoms with Gasteiger partial charge in [0, 0.05) is 34.5 Å². The van der Waals surface area contributed by atoms with Gasteiger partial charge in [-0.3, -0.25) is 0 Å². The van der Waals surface area contributed by atoms with Crippen molar-refractivity contribution >= 4 is 69.2 Å². The van der Waals surface area contributed by atoms with Crippen LogP contribution in [0.4, 0.5) is 22.7 Å². The van der Waals surface area contributed by atoms with Gasteiger partial charge in [0.2, 0.25) is 0 Å². The van der Waals surface area contributed by atoms with Gasteiger partial charge in [0.15, 0.2) is 11.3 Å². The molecule has 2 aromatic carbocycles. The number of ether oxygens (including phenoxy) is 6. The second-order valence-electron chi connectivity index (χ2n) is 12.9. The lowest BCUT2D eigenvalue weighted by atomic mass is 10.1. The molecule has 0 saturated carbocycles. The monoisotopic (exact) mass is 826 g/mol. The summed E-state index contributed by atoms with van der Waals surface area (Å²) in [5.41, 5.74) is 7.95. The van der Waals surface area contributed by atoms with E-state index in [1.807, 2.05) is 90.1 Å². The summed E-state index contributed by atoms with van der Waals surface area (Å²) in [6.07, 6.45) is 2.99. The van der Waals surface area contributed by atoms with Crippen molar-refractivity contribution in [2.45, 2.75) is 55.4 Å². The highest BCUT2D eigenvalue weighted by atomic mass is 35.5. The van der Waals surface area contributed by atoms with Crippen molar-refractivity contribution in [3.05, 3.63) is 94.6 Å². The zero-order valence-corrected chi connectivity index (χ0v) is 35.9. The van der Waals surface area contributed by atoms with E-state index in [2.05, 4.69) is 30.6 Å². The van der Waals surface area contributed by atoms with Gasteiger partial charge in [-0.15, -0.1) is 12.4 Å². The fourth-order valence-corrected chi connectivity index (χ4v) is 6.06. The number of pyridine rings is 4.